The van der Waals surface area contributed by atoms with Crippen LogP contribution in [-0.4, -0.2) is 19.9 Å². The van der Waals surface area contributed by atoms with Gasteiger partial charge in [-0.2, -0.15) is 0 Å². The Morgan fingerprint density at radius 3 is 1.12 bits per heavy atom. The van der Waals surface area contributed by atoms with Gasteiger partial charge in [0.2, 0.25) is 0 Å². The molecule has 0 aliphatic carbocycles. The topological polar surface area (TPSA) is 51.6 Å². The lowest BCUT2D eigenvalue weighted by atomic mass is 10.1. The van der Waals surface area contributed by atoms with Crippen molar-refractivity contribution < 1.29 is 0 Å². The van der Waals surface area contributed by atoms with E-state index in [1.54, 1.807) is 0 Å². The largest absolute Gasteiger partial charge is 0.254 e. The predicted molar refractivity (Wildman–Crippen MR) is 180 cm³/mol. The number of nitrogens with zero attached hydrogens (tertiary/aromatic N) is 4. The molecule has 42 heavy (non-hydrogen) atoms. The Labute approximate surface area is 259 Å². The molecular formula is C36H22Br2N4. The molecule has 0 amide bonds. The lowest BCUT2D eigenvalue weighted by molar-refractivity contribution is 1.37. The minimum absolute atomic E-state index is 0.952. The minimum atomic E-state index is 0.952. The Hall–Kier alpha value is -4.52. The summed E-state index contributed by atoms with van der Waals surface area (Å²) in [6, 6.07) is 41.1. The molecule has 4 nitrogen and oxygen atoms in total. The SMILES string of the molecule is Brc1ccc(-c2ccc3ccc4cccnc4c3n2)cc1.Brc1ccc(-c2ccc3ccc4cccnc4c3n2)cc1. The van der Waals surface area contributed by atoms with Gasteiger partial charge in [0.05, 0.1) is 33.5 Å². The molecule has 0 unspecified atom stereocenters. The van der Waals surface area contributed by atoms with Crippen LogP contribution >= 0.6 is 31.9 Å². The molecule has 4 aromatic heterocycles. The van der Waals surface area contributed by atoms with E-state index in [-0.39, 0.29) is 0 Å². The molecule has 6 heteroatoms. The summed E-state index contributed by atoms with van der Waals surface area (Å²) >= 11 is 6.92. The summed E-state index contributed by atoms with van der Waals surface area (Å²) in [6.07, 6.45) is 3.63. The summed E-state index contributed by atoms with van der Waals surface area (Å²) in [5.74, 6) is 0. The van der Waals surface area contributed by atoms with E-state index < -0.39 is 0 Å². The second kappa shape index (κ2) is 11.4. The fourth-order valence-corrected chi connectivity index (χ4v) is 5.54. The molecule has 200 valence electrons. The van der Waals surface area contributed by atoms with Crippen molar-refractivity contribution in [2.45, 2.75) is 0 Å². The highest BCUT2D eigenvalue weighted by molar-refractivity contribution is 9.10. The highest BCUT2D eigenvalue weighted by Crippen LogP contribution is 2.28. The predicted octanol–water partition coefficient (Wildman–Crippen LogP) is 10.4. The zero-order chi connectivity index (χ0) is 28.5. The van der Waals surface area contributed by atoms with Gasteiger partial charge >= 0.3 is 0 Å². The first-order chi connectivity index (χ1) is 20.6. The van der Waals surface area contributed by atoms with Gasteiger partial charge in [0, 0.05) is 54.0 Å². The van der Waals surface area contributed by atoms with Crippen molar-refractivity contribution in [1.29, 1.82) is 0 Å². The van der Waals surface area contributed by atoms with E-state index in [0.29, 0.717) is 0 Å². The Kier molecular flexibility index (Phi) is 7.16. The maximum Gasteiger partial charge on any atom is 0.0972 e. The van der Waals surface area contributed by atoms with E-state index in [4.69, 9.17) is 9.97 Å². The van der Waals surface area contributed by atoms with Crippen molar-refractivity contribution in [1.82, 2.24) is 19.9 Å². The zero-order valence-corrected chi connectivity index (χ0v) is 25.4. The molecule has 4 aromatic carbocycles. The summed E-state index contributed by atoms with van der Waals surface area (Å²) < 4.78 is 2.14. The van der Waals surface area contributed by atoms with E-state index in [1.165, 1.54) is 0 Å². The maximum absolute atomic E-state index is 4.83. The van der Waals surface area contributed by atoms with Gasteiger partial charge in [-0.15, -0.1) is 0 Å². The molecule has 8 aromatic rings. The smallest absolute Gasteiger partial charge is 0.0972 e. The average Bonchev–Trinajstić information content (AvgIpc) is 3.05. The molecule has 8 rings (SSSR count). The number of hydrogen-bond donors (Lipinski definition) is 0. The molecule has 0 N–H and O–H groups in total. The summed E-state index contributed by atoms with van der Waals surface area (Å²) in [5, 5.41) is 4.46. The number of aromatic nitrogens is 4. The van der Waals surface area contributed by atoms with Gasteiger partial charge in [-0.25, -0.2) is 9.97 Å². The van der Waals surface area contributed by atoms with Gasteiger partial charge in [-0.3, -0.25) is 9.97 Å². The number of halogens is 2. The molecule has 0 radical (unpaired) electrons. The van der Waals surface area contributed by atoms with E-state index in [2.05, 4.69) is 127 Å². The number of rotatable bonds is 2. The molecule has 0 fully saturated rings. The van der Waals surface area contributed by atoms with Gasteiger partial charge < -0.3 is 0 Å². The minimum Gasteiger partial charge on any atom is -0.254 e. The van der Waals surface area contributed by atoms with Crippen LogP contribution in [0.5, 0.6) is 0 Å². The Morgan fingerprint density at radius 1 is 0.357 bits per heavy atom. The van der Waals surface area contributed by atoms with Crippen LogP contribution in [0.1, 0.15) is 0 Å². The molecule has 0 spiro atoms. The quantitative estimate of drug-likeness (QED) is 0.172. The first-order valence-corrected chi connectivity index (χ1v) is 15.0. The highest BCUT2D eigenvalue weighted by Gasteiger charge is 2.07. The Bertz CT molecular complexity index is 2050. The number of hydrogen-bond acceptors (Lipinski definition) is 4. The molecule has 0 bridgehead atoms. The van der Waals surface area contributed by atoms with E-state index in [0.717, 1.165) is 75.1 Å². The third kappa shape index (κ3) is 5.27. The van der Waals surface area contributed by atoms with E-state index in [9.17, 15) is 0 Å². The van der Waals surface area contributed by atoms with Crippen molar-refractivity contribution >= 4 is 75.5 Å². The van der Waals surface area contributed by atoms with Crippen molar-refractivity contribution in [3.05, 3.63) is 143 Å². The Balaban J connectivity index is 0.000000137. The first kappa shape index (κ1) is 26.4. The molecular weight excluding hydrogens is 648 g/mol. The van der Waals surface area contributed by atoms with Crippen molar-refractivity contribution in [2.24, 2.45) is 0 Å². The van der Waals surface area contributed by atoms with Crippen molar-refractivity contribution in [2.75, 3.05) is 0 Å². The van der Waals surface area contributed by atoms with Crippen LogP contribution in [0.2, 0.25) is 0 Å². The van der Waals surface area contributed by atoms with Crippen molar-refractivity contribution in [3.8, 4) is 22.5 Å². The highest BCUT2D eigenvalue weighted by atomic mass is 79.9. The fraction of sp³-hybridized carbons (Fsp3) is 0. The normalized spacial score (nSPS) is 11.1. The zero-order valence-electron chi connectivity index (χ0n) is 22.2. The third-order valence-corrected chi connectivity index (χ3v) is 8.20. The first-order valence-electron chi connectivity index (χ1n) is 13.4. The van der Waals surface area contributed by atoms with Gasteiger partial charge in [0.25, 0.3) is 0 Å². The second-order valence-corrected chi connectivity index (χ2v) is 11.7. The van der Waals surface area contributed by atoms with E-state index in [1.807, 2.05) is 48.8 Å². The van der Waals surface area contributed by atoms with Crippen LogP contribution in [0, 0.1) is 0 Å². The van der Waals surface area contributed by atoms with Crippen LogP contribution in [0.4, 0.5) is 0 Å². The van der Waals surface area contributed by atoms with Gasteiger partial charge in [-0.1, -0.05) is 105 Å². The monoisotopic (exact) mass is 668 g/mol. The third-order valence-electron chi connectivity index (χ3n) is 7.14. The summed E-state index contributed by atoms with van der Waals surface area (Å²) in [6.45, 7) is 0. The van der Waals surface area contributed by atoms with Crippen LogP contribution in [0.3, 0.4) is 0 Å². The molecule has 0 saturated heterocycles. The molecule has 4 heterocycles. The molecule has 0 saturated carbocycles. The summed E-state index contributed by atoms with van der Waals surface area (Å²) in [5.41, 5.74) is 7.95. The van der Waals surface area contributed by atoms with Gasteiger partial charge in [-0.05, 0) is 48.5 Å². The van der Waals surface area contributed by atoms with Crippen molar-refractivity contribution in [3.63, 3.8) is 0 Å². The fourth-order valence-electron chi connectivity index (χ4n) is 5.01. The number of pyridine rings is 4. The standard InChI is InChI=1S/2C18H11BrN2/c2*19-15-8-5-12(6-9-15)16-10-7-14-4-3-13-2-1-11-20-17(13)18(14)21-16/h2*1-11H. The number of fused-ring (bicyclic) bond motifs is 6. The maximum atomic E-state index is 4.83. The second-order valence-electron chi connectivity index (χ2n) is 9.83. The molecule has 0 aliphatic rings. The van der Waals surface area contributed by atoms with Crippen LogP contribution in [0.25, 0.3) is 66.1 Å². The van der Waals surface area contributed by atoms with Crippen LogP contribution in [0.15, 0.2) is 143 Å². The summed E-state index contributed by atoms with van der Waals surface area (Å²) in [7, 11) is 0. The van der Waals surface area contributed by atoms with Crippen LogP contribution < -0.4 is 0 Å². The average molecular weight is 670 g/mol. The lowest BCUT2D eigenvalue weighted by Gasteiger charge is -2.06. The van der Waals surface area contributed by atoms with Gasteiger partial charge in [0.1, 0.15) is 0 Å². The number of benzene rings is 4. The molecule has 0 aliphatic heterocycles. The van der Waals surface area contributed by atoms with Gasteiger partial charge in [0.15, 0.2) is 0 Å². The summed E-state index contributed by atoms with van der Waals surface area (Å²) in [4.78, 5) is 18.6. The molecule has 0 atom stereocenters. The van der Waals surface area contributed by atoms with E-state index >= 15 is 0 Å². The lowest BCUT2D eigenvalue weighted by Crippen LogP contribution is -1.88. The van der Waals surface area contributed by atoms with Crippen LogP contribution in [-0.2, 0) is 0 Å². The Morgan fingerprint density at radius 2 is 0.714 bits per heavy atom.